The number of hydrogen-bond donors (Lipinski definition) is 2. The van der Waals surface area contributed by atoms with Gasteiger partial charge in [0.25, 0.3) is 0 Å². The molecule has 0 aliphatic heterocycles. The van der Waals surface area contributed by atoms with Crippen molar-refractivity contribution in [3.05, 3.63) is 16.3 Å². The van der Waals surface area contributed by atoms with Gasteiger partial charge in [0, 0.05) is 24.4 Å². The Morgan fingerprint density at radius 1 is 1.40 bits per heavy atom. The van der Waals surface area contributed by atoms with Gasteiger partial charge in [0.2, 0.25) is 0 Å². The van der Waals surface area contributed by atoms with Gasteiger partial charge in [-0.25, -0.2) is 9.97 Å². The molecule has 3 rings (SSSR count). The molecule has 0 aromatic carbocycles. The van der Waals surface area contributed by atoms with Crippen LogP contribution >= 0.6 is 11.3 Å². The molecule has 2 aromatic heterocycles. The quantitative estimate of drug-likeness (QED) is 0.909. The third-order valence-electron chi connectivity index (χ3n) is 3.95. The Morgan fingerprint density at radius 2 is 2.25 bits per heavy atom. The SMILES string of the molecule is CCc1nc(NCCN)c2c3c(sc2n1)CC(C)CC3. The lowest BCUT2D eigenvalue weighted by Gasteiger charge is -2.18. The van der Waals surface area contributed by atoms with E-state index >= 15 is 0 Å². The molecule has 2 aromatic rings. The van der Waals surface area contributed by atoms with Crippen LogP contribution in [0.5, 0.6) is 0 Å². The largest absolute Gasteiger partial charge is 0.368 e. The van der Waals surface area contributed by atoms with Crippen molar-refractivity contribution in [3.63, 3.8) is 0 Å². The monoisotopic (exact) mass is 290 g/mol. The number of nitrogens with zero attached hydrogens (tertiary/aromatic N) is 2. The van der Waals surface area contributed by atoms with Crippen molar-refractivity contribution in [2.75, 3.05) is 18.4 Å². The second-order valence-electron chi connectivity index (χ2n) is 5.59. The second kappa shape index (κ2) is 5.66. The molecule has 0 spiro atoms. The maximum atomic E-state index is 5.62. The summed E-state index contributed by atoms with van der Waals surface area (Å²) in [5, 5.41) is 4.64. The van der Waals surface area contributed by atoms with Crippen molar-refractivity contribution in [2.24, 2.45) is 11.7 Å². The number of rotatable bonds is 4. The minimum absolute atomic E-state index is 0.621. The molecule has 1 unspecified atom stereocenters. The number of fused-ring (bicyclic) bond motifs is 3. The molecule has 1 atom stereocenters. The molecule has 3 N–H and O–H groups in total. The van der Waals surface area contributed by atoms with E-state index in [1.54, 1.807) is 0 Å². The van der Waals surface area contributed by atoms with Crippen molar-refractivity contribution in [1.82, 2.24) is 9.97 Å². The Morgan fingerprint density at radius 3 is 3.00 bits per heavy atom. The highest BCUT2D eigenvalue weighted by Gasteiger charge is 2.23. The molecule has 0 amide bonds. The van der Waals surface area contributed by atoms with Crippen LogP contribution in [0.15, 0.2) is 0 Å². The lowest BCUT2D eigenvalue weighted by molar-refractivity contribution is 0.509. The lowest BCUT2D eigenvalue weighted by atomic mass is 9.89. The number of aryl methyl sites for hydroxylation is 2. The van der Waals surface area contributed by atoms with Crippen molar-refractivity contribution in [1.29, 1.82) is 0 Å². The minimum atomic E-state index is 0.621. The fraction of sp³-hybridized carbons (Fsp3) is 0.600. The normalized spacial score (nSPS) is 18.2. The Hall–Kier alpha value is -1.20. The Bertz CT molecular complexity index is 620. The van der Waals surface area contributed by atoms with E-state index in [1.165, 1.54) is 28.7 Å². The highest BCUT2D eigenvalue weighted by atomic mass is 32.1. The van der Waals surface area contributed by atoms with E-state index in [0.717, 1.165) is 41.8 Å². The molecular formula is C15H22N4S. The minimum Gasteiger partial charge on any atom is -0.368 e. The van der Waals surface area contributed by atoms with E-state index in [2.05, 4.69) is 24.1 Å². The molecule has 1 aliphatic rings. The number of thiophene rings is 1. The summed E-state index contributed by atoms with van der Waals surface area (Å²) in [6, 6.07) is 0. The molecule has 108 valence electrons. The van der Waals surface area contributed by atoms with E-state index in [4.69, 9.17) is 10.7 Å². The first-order chi connectivity index (χ1) is 9.72. The van der Waals surface area contributed by atoms with Crippen LogP contribution in [0.4, 0.5) is 5.82 Å². The van der Waals surface area contributed by atoms with Crippen LogP contribution in [-0.2, 0) is 19.3 Å². The summed E-state index contributed by atoms with van der Waals surface area (Å²) in [6.45, 7) is 5.82. The molecule has 5 heteroatoms. The van der Waals surface area contributed by atoms with Crippen molar-refractivity contribution in [3.8, 4) is 0 Å². The molecule has 4 nitrogen and oxygen atoms in total. The average molecular weight is 290 g/mol. The van der Waals surface area contributed by atoms with E-state index in [1.807, 2.05) is 11.3 Å². The zero-order valence-corrected chi connectivity index (χ0v) is 13.0. The van der Waals surface area contributed by atoms with Gasteiger partial charge in [0.1, 0.15) is 16.5 Å². The molecular weight excluding hydrogens is 268 g/mol. The second-order valence-corrected chi connectivity index (χ2v) is 6.67. The smallest absolute Gasteiger partial charge is 0.138 e. The predicted octanol–water partition coefficient (Wildman–Crippen LogP) is 2.75. The number of nitrogens with one attached hydrogen (secondary N) is 1. The standard InChI is InChI=1S/C15H22N4S/c1-3-12-18-14(17-7-6-16)13-10-5-4-9(2)8-11(10)20-15(13)19-12/h9H,3-8,16H2,1-2H3,(H,17,18,19). The first-order valence-corrected chi connectivity index (χ1v) is 8.29. The van der Waals surface area contributed by atoms with Gasteiger partial charge >= 0.3 is 0 Å². The van der Waals surface area contributed by atoms with E-state index in [9.17, 15) is 0 Å². The molecule has 0 saturated heterocycles. The number of hydrogen-bond acceptors (Lipinski definition) is 5. The highest BCUT2D eigenvalue weighted by molar-refractivity contribution is 7.19. The van der Waals surface area contributed by atoms with Crippen LogP contribution in [0.3, 0.4) is 0 Å². The van der Waals surface area contributed by atoms with Crippen molar-refractivity contribution >= 4 is 27.4 Å². The molecule has 0 saturated carbocycles. The zero-order chi connectivity index (χ0) is 14.1. The van der Waals surface area contributed by atoms with Gasteiger partial charge in [0.05, 0.1) is 5.39 Å². The molecule has 1 aliphatic carbocycles. The van der Waals surface area contributed by atoms with Gasteiger partial charge in [-0.3, -0.25) is 0 Å². The van der Waals surface area contributed by atoms with Gasteiger partial charge in [0.15, 0.2) is 0 Å². The van der Waals surface area contributed by atoms with E-state index < -0.39 is 0 Å². The summed E-state index contributed by atoms with van der Waals surface area (Å²) in [7, 11) is 0. The van der Waals surface area contributed by atoms with Gasteiger partial charge in [-0.2, -0.15) is 0 Å². The van der Waals surface area contributed by atoms with E-state index in [-0.39, 0.29) is 0 Å². The lowest BCUT2D eigenvalue weighted by Crippen LogP contribution is -2.15. The molecule has 0 bridgehead atoms. The predicted molar refractivity (Wildman–Crippen MR) is 85.5 cm³/mol. The average Bonchev–Trinajstić information content (AvgIpc) is 2.81. The van der Waals surface area contributed by atoms with E-state index in [0.29, 0.717) is 6.54 Å². The summed E-state index contributed by atoms with van der Waals surface area (Å²) in [6.07, 6.45) is 4.48. The first kappa shape index (κ1) is 13.8. The first-order valence-electron chi connectivity index (χ1n) is 7.48. The van der Waals surface area contributed by atoms with Crippen LogP contribution in [0.1, 0.15) is 36.5 Å². The van der Waals surface area contributed by atoms with Crippen LogP contribution in [0.25, 0.3) is 10.2 Å². The summed E-state index contributed by atoms with van der Waals surface area (Å²) in [5.74, 6) is 2.70. The van der Waals surface area contributed by atoms with Gasteiger partial charge < -0.3 is 11.1 Å². The Kier molecular flexibility index (Phi) is 3.89. The molecule has 0 radical (unpaired) electrons. The molecule has 0 fully saturated rings. The number of anilines is 1. The number of nitrogens with two attached hydrogens (primary N) is 1. The topological polar surface area (TPSA) is 63.8 Å². The summed E-state index contributed by atoms with van der Waals surface area (Å²) < 4.78 is 0. The van der Waals surface area contributed by atoms with Crippen LogP contribution in [-0.4, -0.2) is 23.1 Å². The fourth-order valence-corrected chi connectivity index (χ4v) is 4.26. The summed E-state index contributed by atoms with van der Waals surface area (Å²) in [5.41, 5.74) is 7.10. The maximum absolute atomic E-state index is 5.62. The Labute approximate surface area is 123 Å². The third-order valence-corrected chi connectivity index (χ3v) is 5.10. The van der Waals surface area contributed by atoms with Gasteiger partial charge in [-0.05, 0) is 30.7 Å². The summed E-state index contributed by atoms with van der Waals surface area (Å²) >= 11 is 1.86. The Balaban J connectivity index is 2.13. The number of aromatic nitrogens is 2. The fourth-order valence-electron chi connectivity index (χ4n) is 2.86. The molecule has 2 heterocycles. The van der Waals surface area contributed by atoms with Gasteiger partial charge in [-0.15, -0.1) is 11.3 Å². The maximum Gasteiger partial charge on any atom is 0.138 e. The highest BCUT2D eigenvalue weighted by Crippen LogP contribution is 2.39. The zero-order valence-electron chi connectivity index (χ0n) is 12.2. The molecule has 20 heavy (non-hydrogen) atoms. The van der Waals surface area contributed by atoms with Crippen LogP contribution in [0.2, 0.25) is 0 Å². The van der Waals surface area contributed by atoms with Crippen molar-refractivity contribution < 1.29 is 0 Å². The third kappa shape index (κ3) is 2.40. The van der Waals surface area contributed by atoms with Crippen LogP contribution < -0.4 is 11.1 Å². The van der Waals surface area contributed by atoms with Crippen LogP contribution in [0, 0.1) is 5.92 Å². The van der Waals surface area contributed by atoms with Gasteiger partial charge in [-0.1, -0.05) is 13.8 Å². The van der Waals surface area contributed by atoms with Crippen molar-refractivity contribution in [2.45, 2.75) is 39.5 Å². The summed E-state index contributed by atoms with van der Waals surface area (Å²) in [4.78, 5) is 12.1.